The highest BCUT2D eigenvalue weighted by molar-refractivity contribution is 6.51. The van der Waals surface area contributed by atoms with Crippen molar-refractivity contribution in [2.75, 3.05) is 30.0 Å². The molecule has 2 heterocycles. The van der Waals surface area contributed by atoms with Crippen molar-refractivity contribution in [2.45, 2.75) is 13.0 Å². The number of anilines is 2. The second-order valence-electron chi connectivity index (χ2n) is 8.52. The molecule has 5 rings (SSSR count). The van der Waals surface area contributed by atoms with Gasteiger partial charge in [0.2, 0.25) is 0 Å². The van der Waals surface area contributed by atoms with Crippen molar-refractivity contribution >= 4 is 40.4 Å². The average molecular weight is 475 g/mol. The number of benzene rings is 3. The predicted molar refractivity (Wildman–Crippen MR) is 133 cm³/mol. The van der Waals surface area contributed by atoms with Gasteiger partial charge in [-0.25, -0.2) is 0 Å². The van der Waals surface area contributed by atoms with Gasteiger partial charge in [-0.05, 0) is 48.9 Å². The minimum atomic E-state index is -0.802. The van der Waals surface area contributed by atoms with Crippen LogP contribution >= 0.6 is 11.6 Å². The molecular weight excluding hydrogens is 452 g/mol. The zero-order valence-corrected chi connectivity index (χ0v) is 19.5. The predicted octanol–water partition coefficient (Wildman–Crippen LogP) is 5.10. The molecule has 1 unspecified atom stereocenters. The van der Waals surface area contributed by atoms with Gasteiger partial charge in [0.15, 0.2) is 0 Å². The fourth-order valence-electron chi connectivity index (χ4n) is 4.53. The smallest absolute Gasteiger partial charge is 0.300 e. The topological polar surface area (TPSA) is 70.1 Å². The number of aliphatic hydroxyl groups is 1. The maximum atomic E-state index is 13.3. The Morgan fingerprint density at radius 2 is 1.85 bits per heavy atom. The van der Waals surface area contributed by atoms with Crippen LogP contribution < -0.4 is 14.5 Å². The lowest BCUT2D eigenvalue weighted by atomic mass is 9.94. The first kappa shape index (κ1) is 22.0. The molecule has 1 N–H and O–H groups in total. The van der Waals surface area contributed by atoms with Crippen LogP contribution in [0.3, 0.4) is 0 Å². The van der Waals surface area contributed by atoms with Crippen LogP contribution in [0.1, 0.15) is 22.7 Å². The second kappa shape index (κ2) is 8.54. The number of carbonyl (C=O) groups excluding carboxylic acids is 2. The number of rotatable bonds is 3. The number of aryl methyl sites for hydroxylation is 1. The molecule has 1 saturated heterocycles. The highest BCUT2D eigenvalue weighted by Gasteiger charge is 2.47. The van der Waals surface area contributed by atoms with Gasteiger partial charge in [0.05, 0.1) is 23.8 Å². The van der Waals surface area contributed by atoms with Crippen molar-refractivity contribution in [3.05, 3.63) is 94.0 Å². The summed E-state index contributed by atoms with van der Waals surface area (Å²) in [7, 11) is 1.94. The van der Waals surface area contributed by atoms with Crippen LogP contribution in [0, 0.1) is 6.92 Å². The average Bonchev–Trinajstić information content (AvgIpc) is 3.09. The first-order chi connectivity index (χ1) is 16.3. The Morgan fingerprint density at radius 1 is 1.06 bits per heavy atom. The van der Waals surface area contributed by atoms with Crippen molar-refractivity contribution in [3.63, 3.8) is 0 Å². The fourth-order valence-corrected chi connectivity index (χ4v) is 4.72. The van der Waals surface area contributed by atoms with Crippen LogP contribution in [-0.2, 0) is 9.59 Å². The molecule has 0 aliphatic carbocycles. The molecule has 0 bridgehead atoms. The molecule has 3 aromatic rings. The normalized spacial score (nSPS) is 19.2. The summed E-state index contributed by atoms with van der Waals surface area (Å²) in [6.45, 7) is 3.22. The standard InChI is InChI=1S/C27H23ClN2O4/c1-16-5-3-6-17(13-16)24-23(26(32)27(33)30(24)20-8-4-7-19(28)15-20)25(31)18-9-10-22-21(14-18)29(2)11-12-34-22/h3-10,13-15,24,31H,11-12H2,1-2H3/b25-23-. The molecule has 34 heavy (non-hydrogen) atoms. The molecule has 7 heteroatoms. The summed E-state index contributed by atoms with van der Waals surface area (Å²) in [5.41, 5.74) is 3.47. The van der Waals surface area contributed by atoms with Crippen LogP contribution in [0.4, 0.5) is 11.4 Å². The summed E-state index contributed by atoms with van der Waals surface area (Å²) in [6, 6.07) is 18.8. The van der Waals surface area contributed by atoms with E-state index in [1.54, 1.807) is 42.5 Å². The largest absolute Gasteiger partial charge is 0.507 e. The van der Waals surface area contributed by atoms with Gasteiger partial charge in [0, 0.05) is 23.3 Å². The fraction of sp³-hybridized carbons (Fsp3) is 0.185. The summed E-state index contributed by atoms with van der Waals surface area (Å²) < 4.78 is 5.70. The van der Waals surface area contributed by atoms with Crippen LogP contribution in [0.25, 0.3) is 5.76 Å². The number of hydrogen-bond acceptors (Lipinski definition) is 5. The lowest BCUT2D eigenvalue weighted by molar-refractivity contribution is -0.132. The van der Waals surface area contributed by atoms with Crippen LogP contribution in [0.2, 0.25) is 5.02 Å². The molecule has 6 nitrogen and oxygen atoms in total. The Balaban J connectivity index is 1.71. The van der Waals surface area contributed by atoms with E-state index in [1.807, 2.05) is 43.1 Å². The number of Topliss-reactive ketones (excluding diaryl/α,β-unsaturated/α-hetero) is 1. The van der Waals surface area contributed by atoms with E-state index in [-0.39, 0.29) is 11.3 Å². The number of aliphatic hydroxyl groups excluding tert-OH is 1. The lowest BCUT2D eigenvalue weighted by Crippen LogP contribution is -2.29. The number of fused-ring (bicyclic) bond motifs is 1. The molecule has 0 saturated carbocycles. The van der Waals surface area contributed by atoms with Crippen molar-refractivity contribution in [3.8, 4) is 5.75 Å². The molecule has 172 valence electrons. The molecule has 1 fully saturated rings. The van der Waals surface area contributed by atoms with Crippen molar-refractivity contribution in [1.82, 2.24) is 0 Å². The SMILES string of the molecule is Cc1cccc(C2/C(=C(/O)c3ccc4c(c3)N(C)CCO4)C(=O)C(=O)N2c2cccc(Cl)c2)c1. The Hall–Kier alpha value is -3.77. The van der Waals surface area contributed by atoms with E-state index >= 15 is 0 Å². The first-order valence-corrected chi connectivity index (χ1v) is 11.3. The van der Waals surface area contributed by atoms with E-state index in [2.05, 4.69) is 0 Å². The second-order valence-corrected chi connectivity index (χ2v) is 8.95. The molecule has 3 aromatic carbocycles. The Kier molecular flexibility index (Phi) is 5.54. The van der Waals surface area contributed by atoms with Crippen LogP contribution in [0.15, 0.2) is 72.3 Å². The summed E-state index contributed by atoms with van der Waals surface area (Å²) in [4.78, 5) is 30.0. The van der Waals surface area contributed by atoms with E-state index in [0.717, 1.165) is 16.8 Å². The van der Waals surface area contributed by atoms with Gasteiger partial charge in [-0.2, -0.15) is 0 Å². The molecule has 1 atom stereocenters. The number of nitrogens with zero attached hydrogens (tertiary/aromatic N) is 2. The molecule has 1 amide bonds. The summed E-state index contributed by atoms with van der Waals surface area (Å²) in [5, 5.41) is 11.9. The summed E-state index contributed by atoms with van der Waals surface area (Å²) in [5.74, 6) is -0.976. The maximum absolute atomic E-state index is 13.3. The van der Waals surface area contributed by atoms with E-state index in [4.69, 9.17) is 16.3 Å². The van der Waals surface area contributed by atoms with Crippen molar-refractivity contribution in [2.24, 2.45) is 0 Å². The molecule has 0 radical (unpaired) electrons. The van der Waals surface area contributed by atoms with E-state index in [1.165, 1.54) is 4.90 Å². The van der Waals surface area contributed by atoms with Crippen LogP contribution in [0.5, 0.6) is 5.75 Å². The van der Waals surface area contributed by atoms with Gasteiger partial charge in [0.1, 0.15) is 18.1 Å². The lowest BCUT2D eigenvalue weighted by Gasteiger charge is -2.28. The van der Waals surface area contributed by atoms with Crippen molar-refractivity contribution in [1.29, 1.82) is 0 Å². The monoisotopic (exact) mass is 474 g/mol. The van der Waals surface area contributed by atoms with Gasteiger partial charge in [-0.3, -0.25) is 14.5 Å². The highest BCUT2D eigenvalue weighted by atomic mass is 35.5. The Bertz CT molecular complexity index is 1350. The molecule has 2 aliphatic heterocycles. The zero-order valence-electron chi connectivity index (χ0n) is 18.8. The minimum absolute atomic E-state index is 0.0370. The third kappa shape index (κ3) is 3.70. The third-order valence-corrected chi connectivity index (χ3v) is 6.45. The summed E-state index contributed by atoms with van der Waals surface area (Å²) >= 11 is 6.20. The Morgan fingerprint density at radius 3 is 2.62 bits per heavy atom. The first-order valence-electron chi connectivity index (χ1n) is 11.0. The van der Waals surface area contributed by atoms with Gasteiger partial charge >= 0.3 is 0 Å². The number of carbonyl (C=O) groups is 2. The van der Waals surface area contributed by atoms with Gasteiger partial charge in [-0.1, -0.05) is 47.5 Å². The molecule has 0 aromatic heterocycles. The molecule has 2 aliphatic rings. The summed E-state index contributed by atoms with van der Waals surface area (Å²) in [6.07, 6.45) is 0. The van der Waals surface area contributed by atoms with Crippen LogP contribution in [-0.4, -0.2) is 37.0 Å². The van der Waals surface area contributed by atoms with E-state index < -0.39 is 17.7 Å². The quantitative estimate of drug-likeness (QED) is 0.325. The highest BCUT2D eigenvalue weighted by Crippen LogP contribution is 2.43. The van der Waals surface area contributed by atoms with Gasteiger partial charge in [0.25, 0.3) is 11.7 Å². The number of hydrogen-bond donors (Lipinski definition) is 1. The number of ether oxygens (including phenoxy) is 1. The van der Waals surface area contributed by atoms with Crippen molar-refractivity contribution < 1.29 is 19.4 Å². The van der Waals surface area contributed by atoms with E-state index in [0.29, 0.717) is 35.2 Å². The number of halogens is 1. The number of likely N-dealkylation sites (N-methyl/N-ethyl adjacent to an activating group) is 1. The molecular formula is C27H23ClN2O4. The van der Waals surface area contributed by atoms with Gasteiger partial charge in [-0.15, -0.1) is 0 Å². The maximum Gasteiger partial charge on any atom is 0.300 e. The molecule has 0 spiro atoms. The minimum Gasteiger partial charge on any atom is -0.507 e. The third-order valence-electron chi connectivity index (χ3n) is 6.22. The van der Waals surface area contributed by atoms with E-state index in [9.17, 15) is 14.7 Å². The Labute approximate surface area is 202 Å². The number of ketones is 1. The van der Waals surface area contributed by atoms with Gasteiger partial charge < -0.3 is 14.7 Å². The number of amides is 1. The zero-order chi connectivity index (χ0) is 24.0.